The number of hydrogen-bond donors (Lipinski definition) is 0. The van der Waals surface area contributed by atoms with Crippen molar-refractivity contribution in [3.8, 4) is 12.3 Å². The molecule has 0 rings (SSSR count). The van der Waals surface area contributed by atoms with Gasteiger partial charge in [-0.1, -0.05) is 64.7 Å². The van der Waals surface area contributed by atoms with Crippen molar-refractivity contribution in [2.24, 2.45) is 11.3 Å². The highest BCUT2D eigenvalue weighted by atomic mass is 16.5. The fourth-order valence-corrected chi connectivity index (χ4v) is 1.78. The molecule has 0 saturated heterocycles. The molecule has 0 spiro atoms. The standard InChI is InChI=1S/C18H28O2/c1-6-15-20-17(19)13-9-7-8-11-16(2)12-10-14-18(3,4)5/h1,7-9,13,16H,10-12,14-15H2,2-5H3/b8-7+,13-9+. The van der Waals surface area contributed by atoms with Crippen LogP contribution in [0.4, 0.5) is 0 Å². The van der Waals surface area contributed by atoms with Crippen LogP contribution in [0.1, 0.15) is 53.4 Å². The number of hydrogen-bond acceptors (Lipinski definition) is 2. The number of esters is 1. The van der Waals surface area contributed by atoms with Crippen LogP contribution in [0.3, 0.4) is 0 Å². The fourth-order valence-electron chi connectivity index (χ4n) is 1.78. The number of terminal acetylenes is 1. The Kier molecular flexibility index (Phi) is 9.55. The second-order valence-electron chi connectivity index (χ2n) is 6.39. The molecule has 0 aromatic heterocycles. The van der Waals surface area contributed by atoms with Crippen molar-refractivity contribution in [1.29, 1.82) is 0 Å². The molecule has 0 heterocycles. The zero-order valence-electron chi connectivity index (χ0n) is 13.3. The molecular formula is C18H28O2. The van der Waals surface area contributed by atoms with Gasteiger partial charge in [-0.25, -0.2) is 4.79 Å². The predicted molar refractivity (Wildman–Crippen MR) is 85.2 cm³/mol. The van der Waals surface area contributed by atoms with Crippen molar-refractivity contribution in [2.45, 2.75) is 53.4 Å². The summed E-state index contributed by atoms with van der Waals surface area (Å²) in [5.41, 5.74) is 0.428. The van der Waals surface area contributed by atoms with E-state index >= 15 is 0 Å². The maximum absolute atomic E-state index is 11.1. The molecule has 0 fully saturated rings. The minimum absolute atomic E-state index is 0.0255. The van der Waals surface area contributed by atoms with Crippen LogP contribution in [0, 0.1) is 23.7 Å². The molecule has 0 N–H and O–H groups in total. The summed E-state index contributed by atoms with van der Waals surface area (Å²) >= 11 is 0. The maximum atomic E-state index is 11.1. The van der Waals surface area contributed by atoms with Crippen LogP contribution < -0.4 is 0 Å². The third-order valence-corrected chi connectivity index (χ3v) is 2.94. The summed E-state index contributed by atoms with van der Waals surface area (Å²) in [6.07, 6.45) is 16.9. The first-order chi connectivity index (χ1) is 9.35. The van der Waals surface area contributed by atoms with Gasteiger partial charge in [0.1, 0.15) is 0 Å². The minimum Gasteiger partial charge on any atom is -0.449 e. The third kappa shape index (κ3) is 13.0. The van der Waals surface area contributed by atoms with Crippen molar-refractivity contribution in [2.75, 3.05) is 6.61 Å². The van der Waals surface area contributed by atoms with Crippen LogP contribution in [0.5, 0.6) is 0 Å². The lowest BCUT2D eigenvalue weighted by Crippen LogP contribution is -2.05. The molecule has 0 saturated carbocycles. The summed E-state index contributed by atoms with van der Waals surface area (Å²) < 4.78 is 4.71. The van der Waals surface area contributed by atoms with E-state index in [1.807, 2.05) is 6.08 Å². The molecule has 0 aliphatic rings. The molecule has 1 unspecified atom stereocenters. The van der Waals surface area contributed by atoms with Gasteiger partial charge in [-0.2, -0.15) is 0 Å². The summed E-state index contributed by atoms with van der Waals surface area (Å²) in [7, 11) is 0. The fraction of sp³-hybridized carbons (Fsp3) is 0.611. The van der Waals surface area contributed by atoms with Gasteiger partial charge in [0.25, 0.3) is 0 Å². The quantitative estimate of drug-likeness (QED) is 0.282. The molecule has 112 valence electrons. The Hall–Kier alpha value is -1.49. The van der Waals surface area contributed by atoms with Gasteiger partial charge in [0.2, 0.25) is 0 Å². The highest BCUT2D eigenvalue weighted by Crippen LogP contribution is 2.24. The summed E-state index contributed by atoms with van der Waals surface area (Å²) in [6.45, 7) is 9.13. The van der Waals surface area contributed by atoms with Crippen LogP contribution in [-0.2, 0) is 9.53 Å². The molecule has 0 aliphatic heterocycles. The largest absolute Gasteiger partial charge is 0.449 e. The summed E-state index contributed by atoms with van der Waals surface area (Å²) in [4.78, 5) is 11.1. The summed E-state index contributed by atoms with van der Waals surface area (Å²) in [5, 5.41) is 0. The molecule has 0 bridgehead atoms. The van der Waals surface area contributed by atoms with E-state index in [1.54, 1.807) is 6.08 Å². The Labute approximate surface area is 124 Å². The van der Waals surface area contributed by atoms with E-state index in [9.17, 15) is 4.79 Å². The van der Waals surface area contributed by atoms with Crippen LogP contribution in [0.25, 0.3) is 0 Å². The number of rotatable bonds is 8. The van der Waals surface area contributed by atoms with Crippen LogP contribution in [0.2, 0.25) is 0 Å². The van der Waals surface area contributed by atoms with E-state index in [1.165, 1.54) is 25.3 Å². The second kappa shape index (κ2) is 10.3. The smallest absolute Gasteiger partial charge is 0.331 e. The third-order valence-electron chi connectivity index (χ3n) is 2.94. The van der Waals surface area contributed by atoms with Crippen LogP contribution in [-0.4, -0.2) is 12.6 Å². The molecule has 0 amide bonds. The molecule has 2 heteroatoms. The zero-order chi connectivity index (χ0) is 15.4. The zero-order valence-corrected chi connectivity index (χ0v) is 13.3. The van der Waals surface area contributed by atoms with Crippen molar-refractivity contribution < 1.29 is 9.53 Å². The van der Waals surface area contributed by atoms with Gasteiger partial charge in [-0.05, 0) is 24.2 Å². The first-order valence-electron chi connectivity index (χ1n) is 7.28. The SMILES string of the molecule is C#CCOC(=O)/C=C/C=C/CC(C)CCCC(C)(C)C. The topological polar surface area (TPSA) is 26.3 Å². The van der Waals surface area contributed by atoms with Crippen molar-refractivity contribution in [3.63, 3.8) is 0 Å². The molecule has 2 nitrogen and oxygen atoms in total. The van der Waals surface area contributed by atoms with Gasteiger partial charge >= 0.3 is 5.97 Å². The molecule has 20 heavy (non-hydrogen) atoms. The lowest BCUT2D eigenvalue weighted by molar-refractivity contribution is -0.136. The first-order valence-corrected chi connectivity index (χ1v) is 7.28. The van der Waals surface area contributed by atoms with Crippen molar-refractivity contribution in [1.82, 2.24) is 0 Å². The number of allylic oxidation sites excluding steroid dienone is 3. The van der Waals surface area contributed by atoms with Gasteiger partial charge in [-0.15, -0.1) is 6.42 Å². The van der Waals surface area contributed by atoms with Crippen molar-refractivity contribution in [3.05, 3.63) is 24.3 Å². The van der Waals surface area contributed by atoms with E-state index in [4.69, 9.17) is 11.2 Å². The first kappa shape index (κ1) is 18.5. The van der Waals surface area contributed by atoms with Gasteiger partial charge in [-0.3, -0.25) is 0 Å². The average Bonchev–Trinajstić information content (AvgIpc) is 2.34. The van der Waals surface area contributed by atoms with Crippen LogP contribution >= 0.6 is 0 Å². The predicted octanol–water partition coefficient (Wildman–Crippen LogP) is 4.52. The lowest BCUT2D eigenvalue weighted by Gasteiger charge is -2.18. The highest BCUT2D eigenvalue weighted by Gasteiger charge is 2.10. The van der Waals surface area contributed by atoms with Crippen molar-refractivity contribution >= 4 is 5.97 Å². The van der Waals surface area contributed by atoms with Gasteiger partial charge < -0.3 is 4.74 Å². The monoisotopic (exact) mass is 276 g/mol. The lowest BCUT2D eigenvalue weighted by atomic mass is 9.87. The Balaban J connectivity index is 3.76. The van der Waals surface area contributed by atoms with Gasteiger partial charge in [0.05, 0.1) is 0 Å². The maximum Gasteiger partial charge on any atom is 0.331 e. The molecule has 0 radical (unpaired) electrons. The number of ether oxygens (including phenoxy) is 1. The highest BCUT2D eigenvalue weighted by molar-refractivity contribution is 5.82. The van der Waals surface area contributed by atoms with E-state index in [0.717, 1.165) is 6.42 Å². The molecule has 0 aromatic carbocycles. The van der Waals surface area contributed by atoms with Gasteiger partial charge in [0.15, 0.2) is 6.61 Å². The molecule has 0 aromatic rings. The van der Waals surface area contributed by atoms with E-state index in [0.29, 0.717) is 11.3 Å². The Bertz CT molecular complexity index is 364. The van der Waals surface area contributed by atoms with E-state index in [-0.39, 0.29) is 6.61 Å². The van der Waals surface area contributed by atoms with Crippen LogP contribution in [0.15, 0.2) is 24.3 Å². The van der Waals surface area contributed by atoms with E-state index in [2.05, 4.69) is 39.7 Å². The Morgan fingerprint density at radius 2 is 2.05 bits per heavy atom. The Morgan fingerprint density at radius 1 is 1.35 bits per heavy atom. The average molecular weight is 276 g/mol. The molecule has 0 aliphatic carbocycles. The Morgan fingerprint density at radius 3 is 2.65 bits per heavy atom. The van der Waals surface area contributed by atoms with Gasteiger partial charge in [0, 0.05) is 6.08 Å². The second-order valence-corrected chi connectivity index (χ2v) is 6.39. The summed E-state index contributed by atoms with van der Waals surface area (Å²) in [5.74, 6) is 2.53. The normalized spacial score (nSPS) is 13.6. The molecule has 1 atom stereocenters. The molecular weight excluding hydrogens is 248 g/mol. The van der Waals surface area contributed by atoms with E-state index < -0.39 is 5.97 Å². The number of carbonyl (C=O) groups excluding carboxylic acids is 1. The summed E-state index contributed by atoms with van der Waals surface area (Å²) in [6, 6.07) is 0. The minimum atomic E-state index is -0.397. The number of carbonyl (C=O) groups is 1.